The van der Waals surface area contributed by atoms with E-state index in [9.17, 15) is 9.59 Å². The smallest absolute Gasteiger partial charge is 0.268 e. The van der Waals surface area contributed by atoms with Crippen molar-refractivity contribution >= 4 is 27.7 Å². The molecule has 0 saturated carbocycles. The maximum atomic E-state index is 12.5. The number of benzene rings is 2. The Morgan fingerprint density at radius 3 is 2.68 bits per heavy atom. The average molecular weight is 332 g/mol. The first-order valence-electron chi connectivity index (χ1n) is 7.99. The van der Waals surface area contributed by atoms with E-state index in [0.29, 0.717) is 11.2 Å². The monoisotopic (exact) mass is 332 g/mol. The van der Waals surface area contributed by atoms with E-state index < -0.39 is 0 Å². The van der Waals surface area contributed by atoms with Crippen LogP contribution in [0.4, 0.5) is 0 Å². The third-order valence-corrected chi connectivity index (χ3v) is 4.16. The van der Waals surface area contributed by atoms with Crippen molar-refractivity contribution < 1.29 is 4.79 Å². The summed E-state index contributed by atoms with van der Waals surface area (Å²) >= 11 is 0. The summed E-state index contributed by atoms with van der Waals surface area (Å²) in [4.78, 5) is 35.0. The molecule has 0 aliphatic heterocycles. The number of para-hydroxylation sites is 2. The minimum Gasteiger partial charge on any atom is -0.341 e. The van der Waals surface area contributed by atoms with Gasteiger partial charge in [-0.15, -0.1) is 0 Å². The van der Waals surface area contributed by atoms with Crippen molar-refractivity contribution in [1.82, 2.24) is 20.3 Å². The number of carbonyl (C=O) groups excluding carboxylic acids is 1. The first kappa shape index (κ1) is 15.1. The molecule has 6 heteroatoms. The highest BCUT2D eigenvalue weighted by atomic mass is 16.2. The van der Waals surface area contributed by atoms with Gasteiger partial charge in [0.15, 0.2) is 0 Å². The Kier molecular flexibility index (Phi) is 3.57. The van der Waals surface area contributed by atoms with Crippen LogP contribution in [0.3, 0.4) is 0 Å². The fourth-order valence-electron chi connectivity index (χ4n) is 2.85. The molecule has 0 radical (unpaired) electrons. The molecule has 0 spiro atoms. The van der Waals surface area contributed by atoms with Crippen molar-refractivity contribution in [2.45, 2.75) is 13.0 Å². The molecular weight excluding hydrogens is 316 g/mol. The molecule has 1 amide bonds. The van der Waals surface area contributed by atoms with Crippen molar-refractivity contribution in [1.29, 1.82) is 0 Å². The normalized spacial score (nSPS) is 12.4. The summed E-state index contributed by atoms with van der Waals surface area (Å²) in [5, 5.41) is 4.15. The summed E-state index contributed by atoms with van der Waals surface area (Å²) in [6.45, 7) is 1.84. The SMILES string of the molecule is C[C@H](NC(=O)c1cc2ccccc2c(=O)[nH]1)c1nc2ccccc2[nH]1. The number of rotatable bonds is 3. The fraction of sp³-hybridized carbons (Fsp3) is 0.105. The molecule has 2 heterocycles. The Hall–Kier alpha value is -3.41. The summed E-state index contributed by atoms with van der Waals surface area (Å²) in [6.07, 6.45) is 0. The number of hydrogen-bond donors (Lipinski definition) is 3. The molecule has 124 valence electrons. The maximum absolute atomic E-state index is 12.5. The highest BCUT2D eigenvalue weighted by Crippen LogP contribution is 2.16. The predicted octanol–water partition coefficient (Wildman–Crippen LogP) is 2.90. The topological polar surface area (TPSA) is 90.6 Å². The molecule has 0 saturated heterocycles. The number of carbonyl (C=O) groups is 1. The molecule has 4 rings (SSSR count). The van der Waals surface area contributed by atoms with Gasteiger partial charge in [-0.1, -0.05) is 30.3 Å². The molecular formula is C19H16N4O2. The number of pyridine rings is 1. The van der Waals surface area contributed by atoms with E-state index in [1.807, 2.05) is 43.3 Å². The van der Waals surface area contributed by atoms with Gasteiger partial charge in [0, 0.05) is 5.39 Å². The second-order valence-electron chi connectivity index (χ2n) is 5.93. The van der Waals surface area contributed by atoms with Crippen molar-refractivity contribution in [3.05, 3.63) is 76.5 Å². The molecule has 4 aromatic rings. The molecule has 2 aromatic carbocycles. The van der Waals surface area contributed by atoms with Gasteiger partial charge in [0.2, 0.25) is 0 Å². The zero-order valence-corrected chi connectivity index (χ0v) is 13.5. The van der Waals surface area contributed by atoms with Crippen LogP contribution in [-0.4, -0.2) is 20.9 Å². The number of nitrogens with zero attached hydrogens (tertiary/aromatic N) is 1. The van der Waals surface area contributed by atoms with Gasteiger partial charge >= 0.3 is 0 Å². The van der Waals surface area contributed by atoms with Crippen LogP contribution in [0.2, 0.25) is 0 Å². The summed E-state index contributed by atoms with van der Waals surface area (Å²) in [5.74, 6) is 0.313. The van der Waals surface area contributed by atoms with E-state index in [4.69, 9.17) is 0 Å². The Balaban J connectivity index is 1.62. The minimum absolute atomic E-state index is 0.228. The predicted molar refractivity (Wildman–Crippen MR) is 96.5 cm³/mol. The second-order valence-corrected chi connectivity index (χ2v) is 5.93. The van der Waals surface area contributed by atoms with E-state index in [1.165, 1.54) is 0 Å². The fourth-order valence-corrected chi connectivity index (χ4v) is 2.85. The first-order valence-corrected chi connectivity index (χ1v) is 7.99. The van der Waals surface area contributed by atoms with Crippen LogP contribution in [0.1, 0.15) is 29.3 Å². The number of imidazole rings is 1. The lowest BCUT2D eigenvalue weighted by Crippen LogP contribution is -2.29. The highest BCUT2D eigenvalue weighted by Gasteiger charge is 2.16. The van der Waals surface area contributed by atoms with Gasteiger partial charge in [0.25, 0.3) is 11.5 Å². The van der Waals surface area contributed by atoms with Gasteiger partial charge in [-0.05, 0) is 36.6 Å². The zero-order chi connectivity index (χ0) is 17.4. The lowest BCUT2D eigenvalue weighted by molar-refractivity contribution is 0.0933. The summed E-state index contributed by atoms with van der Waals surface area (Å²) in [6, 6.07) is 16.2. The van der Waals surface area contributed by atoms with Crippen LogP contribution in [0, 0.1) is 0 Å². The molecule has 0 fully saturated rings. The molecule has 0 unspecified atom stereocenters. The molecule has 6 nitrogen and oxygen atoms in total. The minimum atomic E-state index is -0.351. The van der Waals surface area contributed by atoms with E-state index in [0.717, 1.165) is 16.4 Å². The molecule has 1 atom stereocenters. The zero-order valence-electron chi connectivity index (χ0n) is 13.5. The average Bonchev–Trinajstić information content (AvgIpc) is 3.06. The van der Waals surface area contributed by atoms with E-state index in [-0.39, 0.29) is 23.2 Å². The Morgan fingerprint density at radius 1 is 1.08 bits per heavy atom. The molecule has 0 aliphatic rings. The van der Waals surface area contributed by atoms with E-state index in [1.54, 1.807) is 18.2 Å². The van der Waals surface area contributed by atoms with Gasteiger partial charge in [-0.25, -0.2) is 4.98 Å². The van der Waals surface area contributed by atoms with Crippen LogP contribution in [0.25, 0.3) is 21.8 Å². The molecule has 2 aromatic heterocycles. The van der Waals surface area contributed by atoms with Gasteiger partial charge in [-0.3, -0.25) is 9.59 Å². The van der Waals surface area contributed by atoms with Gasteiger partial charge in [-0.2, -0.15) is 0 Å². The van der Waals surface area contributed by atoms with E-state index >= 15 is 0 Å². The second kappa shape index (κ2) is 5.90. The molecule has 3 N–H and O–H groups in total. The van der Waals surface area contributed by atoms with Crippen LogP contribution in [0.15, 0.2) is 59.4 Å². The van der Waals surface area contributed by atoms with Crippen LogP contribution >= 0.6 is 0 Å². The number of hydrogen-bond acceptors (Lipinski definition) is 3. The molecule has 25 heavy (non-hydrogen) atoms. The number of fused-ring (bicyclic) bond motifs is 2. The van der Waals surface area contributed by atoms with Crippen LogP contribution in [-0.2, 0) is 0 Å². The number of nitrogens with one attached hydrogen (secondary N) is 3. The van der Waals surface area contributed by atoms with Gasteiger partial charge in [0.1, 0.15) is 11.5 Å². The van der Waals surface area contributed by atoms with Crippen molar-refractivity contribution in [2.75, 3.05) is 0 Å². The van der Waals surface area contributed by atoms with Gasteiger partial charge in [0.05, 0.1) is 17.1 Å². The number of aromatic nitrogens is 3. The number of amides is 1. The van der Waals surface area contributed by atoms with E-state index in [2.05, 4.69) is 20.3 Å². The van der Waals surface area contributed by atoms with Crippen molar-refractivity contribution in [3.8, 4) is 0 Å². The lowest BCUT2D eigenvalue weighted by Gasteiger charge is -2.11. The lowest BCUT2D eigenvalue weighted by atomic mass is 10.1. The van der Waals surface area contributed by atoms with Crippen molar-refractivity contribution in [2.24, 2.45) is 0 Å². The maximum Gasteiger partial charge on any atom is 0.268 e. The van der Waals surface area contributed by atoms with Gasteiger partial charge < -0.3 is 15.3 Å². The molecule has 0 aliphatic carbocycles. The quantitative estimate of drug-likeness (QED) is 0.539. The first-order chi connectivity index (χ1) is 12.1. The molecule has 0 bridgehead atoms. The Bertz CT molecular complexity index is 1110. The number of H-pyrrole nitrogens is 2. The summed E-state index contributed by atoms with van der Waals surface area (Å²) < 4.78 is 0. The Labute approximate surface area is 142 Å². The van der Waals surface area contributed by atoms with Crippen LogP contribution in [0.5, 0.6) is 0 Å². The summed E-state index contributed by atoms with van der Waals surface area (Å²) in [5.41, 5.74) is 1.71. The third-order valence-electron chi connectivity index (χ3n) is 4.16. The standard InChI is InChI=1S/C19H16N4O2/c1-11(17-21-14-8-4-5-9-15(14)22-17)20-19(25)16-10-12-6-2-3-7-13(12)18(24)23-16/h2-11H,1H3,(H,20,25)(H,21,22)(H,23,24)/t11-/m0/s1. The third kappa shape index (κ3) is 2.78. The van der Waals surface area contributed by atoms with Crippen molar-refractivity contribution in [3.63, 3.8) is 0 Å². The Morgan fingerprint density at radius 2 is 1.84 bits per heavy atom. The summed E-state index contributed by atoms with van der Waals surface area (Å²) in [7, 11) is 0. The largest absolute Gasteiger partial charge is 0.341 e. The number of aromatic amines is 2. The van der Waals surface area contributed by atoms with Crippen LogP contribution < -0.4 is 10.9 Å². The highest BCUT2D eigenvalue weighted by molar-refractivity contribution is 5.96.